The summed E-state index contributed by atoms with van der Waals surface area (Å²) in [4.78, 5) is 14.4. The predicted octanol–water partition coefficient (Wildman–Crippen LogP) is 1.79. The van der Waals surface area contributed by atoms with Gasteiger partial charge in [0.1, 0.15) is 11.6 Å². The molecule has 0 radical (unpaired) electrons. The summed E-state index contributed by atoms with van der Waals surface area (Å²) in [6.45, 7) is 8.49. The van der Waals surface area contributed by atoms with Gasteiger partial charge in [-0.25, -0.2) is 9.97 Å². The van der Waals surface area contributed by atoms with E-state index in [4.69, 9.17) is 14.8 Å². The van der Waals surface area contributed by atoms with E-state index in [9.17, 15) is 0 Å². The van der Waals surface area contributed by atoms with Gasteiger partial charge in [-0.1, -0.05) is 0 Å². The summed E-state index contributed by atoms with van der Waals surface area (Å²) in [6, 6.07) is 0. The van der Waals surface area contributed by atoms with E-state index < -0.39 is 0 Å². The van der Waals surface area contributed by atoms with Crippen molar-refractivity contribution in [2.75, 3.05) is 37.7 Å². The van der Waals surface area contributed by atoms with E-state index in [1.807, 2.05) is 4.68 Å². The number of ether oxygens (including phenoxy) is 1. The van der Waals surface area contributed by atoms with Gasteiger partial charge in [0.05, 0.1) is 18.9 Å². The largest absolute Gasteiger partial charge is 0.378 e. The van der Waals surface area contributed by atoms with Gasteiger partial charge >= 0.3 is 0 Å². The highest BCUT2D eigenvalue weighted by molar-refractivity contribution is 5.50. The minimum absolute atomic E-state index is 0.627. The SMILES string of the molecule is Cc1nn(C)c(N2CCOCC2)c1CN1CCc2nc(C3CC3)ncc2C1. The van der Waals surface area contributed by atoms with E-state index in [2.05, 4.69) is 35.0 Å². The molecule has 144 valence electrons. The van der Waals surface area contributed by atoms with Crippen molar-refractivity contribution in [2.45, 2.75) is 45.2 Å². The maximum absolute atomic E-state index is 5.53. The monoisotopic (exact) mass is 368 g/mol. The third-order valence-electron chi connectivity index (χ3n) is 5.98. The number of fused-ring (bicyclic) bond motifs is 1. The fraction of sp³-hybridized carbons (Fsp3) is 0.650. The number of aryl methyl sites for hydroxylation is 2. The maximum atomic E-state index is 5.53. The van der Waals surface area contributed by atoms with Crippen molar-refractivity contribution < 1.29 is 4.74 Å². The Morgan fingerprint density at radius 3 is 2.78 bits per heavy atom. The molecule has 2 aliphatic heterocycles. The quantitative estimate of drug-likeness (QED) is 0.820. The molecule has 0 aromatic carbocycles. The Bertz CT molecular complexity index is 837. The van der Waals surface area contributed by atoms with Crippen molar-refractivity contribution in [1.29, 1.82) is 0 Å². The molecular formula is C20H28N6O. The summed E-state index contributed by atoms with van der Waals surface area (Å²) in [5.74, 6) is 2.95. The predicted molar refractivity (Wildman–Crippen MR) is 103 cm³/mol. The Morgan fingerprint density at radius 1 is 1.19 bits per heavy atom. The molecule has 0 bridgehead atoms. The van der Waals surface area contributed by atoms with Crippen LogP contribution in [0.1, 0.15) is 47.1 Å². The molecule has 0 N–H and O–H groups in total. The van der Waals surface area contributed by atoms with Crippen molar-refractivity contribution in [3.63, 3.8) is 0 Å². The van der Waals surface area contributed by atoms with Crippen LogP contribution in [0.25, 0.3) is 0 Å². The van der Waals surface area contributed by atoms with E-state index in [0.717, 1.165) is 63.9 Å². The summed E-state index contributed by atoms with van der Waals surface area (Å²) in [6.07, 6.45) is 5.61. The molecule has 2 fully saturated rings. The normalized spacial score (nSPS) is 20.7. The molecule has 2 aromatic heterocycles. The molecule has 2 aromatic rings. The first-order valence-electron chi connectivity index (χ1n) is 10.1. The topological polar surface area (TPSA) is 59.3 Å². The van der Waals surface area contributed by atoms with Gasteiger partial charge in [-0.3, -0.25) is 9.58 Å². The van der Waals surface area contributed by atoms with Crippen molar-refractivity contribution in [3.05, 3.63) is 34.5 Å². The second-order valence-corrected chi connectivity index (χ2v) is 8.05. The maximum Gasteiger partial charge on any atom is 0.131 e. The summed E-state index contributed by atoms with van der Waals surface area (Å²) in [5, 5.41) is 4.72. The number of rotatable bonds is 4. The van der Waals surface area contributed by atoms with Gasteiger partial charge in [0.25, 0.3) is 0 Å². The molecule has 27 heavy (non-hydrogen) atoms. The number of hydrogen-bond acceptors (Lipinski definition) is 6. The van der Waals surface area contributed by atoms with Crippen LogP contribution in [0.5, 0.6) is 0 Å². The fourth-order valence-corrected chi connectivity index (χ4v) is 4.33. The van der Waals surface area contributed by atoms with Crippen LogP contribution in [0.15, 0.2) is 6.20 Å². The molecule has 3 aliphatic rings. The van der Waals surface area contributed by atoms with Crippen molar-refractivity contribution in [2.24, 2.45) is 7.05 Å². The Kier molecular flexibility index (Phi) is 4.36. The standard InChI is InChI=1S/C20H28N6O/c1-14-17(20(24(2)23-14)26-7-9-27-10-8-26)13-25-6-5-18-16(12-25)11-21-19(22-18)15-3-4-15/h11,15H,3-10,12-13H2,1-2H3. The molecule has 7 heteroatoms. The first-order valence-corrected chi connectivity index (χ1v) is 10.1. The zero-order valence-electron chi connectivity index (χ0n) is 16.3. The van der Waals surface area contributed by atoms with Crippen molar-refractivity contribution in [1.82, 2.24) is 24.6 Å². The summed E-state index contributed by atoms with van der Waals surface area (Å²) in [5.41, 5.74) is 5.03. The van der Waals surface area contributed by atoms with Gasteiger partial charge in [0, 0.05) is 75.1 Å². The van der Waals surface area contributed by atoms with E-state index in [1.165, 1.54) is 35.5 Å². The van der Waals surface area contributed by atoms with Gasteiger partial charge in [0.2, 0.25) is 0 Å². The Balaban J connectivity index is 1.35. The van der Waals surface area contributed by atoms with E-state index in [1.54, 1.807) is 0 Å². The minimum Gasteiger partial charge on any atom is -0.378 e. The minimum atomic E-state index is 0.627. The molecule has 1 aliphatic carbocycles. The Labute approximate surface area is 160 Å². The van der Waals surface area contributed by atoms with Crippen molar-refractivity contribution >= 4 is 5.82 Å². The number of aromatic nitrogens is 4. The molecular weight excluding hydrogens is 340 g/mol. The number of nitrogens with zero attached hydrogens (tertiary/aromatic N) is 6. The fourth-order valence-electron chi connectivity index (χ4n) is 4.33. The molecule has 1 saturated carbocycles. The average Bonchev–Trinajstić information content (AvgIpc) is 3.49. The van der Waals surface area contributed by atoms with Crippen LogP contribution in [-0.4, -0.2) is 57.5 Å². The van der Waals surface area contributed by atoms with Crippen LogP contribution in [-0.2, 0) is 31.3 Å². The third kappa shape index (κ3) is 3.34. The van der Waals surface area contributed by atoms with Crippen LogP contribution >= 0.6 is 0 Å². The molecule has 1 saturated heterocycles. The number of morpholine rings is 1. The summed E-state index contributed by atoms with van der Waals surface area (Å²) in [7, 11) is 2.06. The lowest BCUT2D eigenvalue weighted by atomic mass is 10.1. The molecule has 0 amide bonds. The zero-order chi connectivity index (χ0) is 18.4. The van der Waals surface area contributed by atoms with Gasteiger partial charge in [-0.2, -0.15) is 5.10 Å². The molecule has 5 rings (SSSR count). The van der Waals surface area contributed by atoms with Crippen LogP contribution in [0.3, 0.4) is 0 Å². The smallest absolute Gasteiger partial charge is 0.131 e. The highest BCUT2D eigenvalue weighted by Crippen LogP contribution is 2.38. The second kappa shape index (κ2) is 6.87. The molecule has 0 atom stereocenters. The Morgan fingerprint density at radius 2 is 2.00 bits per heavy atom. The van der Waals surface area contributed by atoms with Crippen LogP contribution in [0.4, 0.5) is 5.82 Å². The van der Waals surface area contributed by atoms with Gasteiger partial charge in [0.15, 0.2) is 0 Å². The third-order valence-corrected chi connectivity index (χ3v) is 5.98. The van der Waals surface area contributed by atoms with Gasteiger partial charge < -0.3 is 9.64 Å². The lowest BCUT2D eigenvalue weighted by molar-refractivity contribution is 0.122. The van der Waals surface area contributed by atoms with Gasteiger partial charge in [-0.05, 0) is 19.8 Å². The molecule has 0 spiro atoms. The van der Waals surface area contributed by atoms with Crippen molar-refractivity contribution in [3.8, 4) is 0 Å². The molecule has 7 nitrogen and oxygen atoms in total. The number of anilines is 1. The average molecular weight is 368 g/mol. The van der Waals surface area contributed by atoms with Crippen LogP contribution in [0, 0.1) is 6.92 Å². The highest BCUT2D eigenvalue weighted by atomic mass is 16.5. The van der Waals surface area contributed by atoms with Gasteiger partial charge in [-0.15, -0.1) is 0 Å². The molecule has 4 heterocycles. The van der Waals surface area contributed by atoms with E-state index >= 15 is 0 Å². The first-order chi connectivity index (χ1) is 13.2. The number of hydrogen-bond donors (Lipinski definition) is 0. The van der Waals surface area contributed by atoms with E-state index in [-0.39, 0.29) is 0 Å². The van der Waals surface area contributed by atoms with E-state index in [0.29, 0.717) is 5.92 Å². The zero-order valence-corrected chi connectivity index (χ0v) is 16.3. The Hall–Kier alpha value is -1.99. The lowest BCUT2D eigenvalue weighted by Crippen LogP contribution is -2.38. The van der Waals surface area contributed by atoms with Crippen LogP contribution in [0.2, 0.25) is 0 Å². The summed E-state index contributed by atoms with van der Waals surface area (Å²) < 4.78 is 7.57. The highest BCUT2D eigenvalue weighted by Gasteiger charge is 2.29. The van der Waals surface area contributed by atoms with Crippen LogP contribution < -0.4 is 4.90 Å². The summed E-state index contributed by atoms with van der Waals surface area (Å²) >= 11 is 0. The first kappa shape index (κ1) is 17.1. The lowest BCUT2D eigenvalue weighted by Gasteiger charge is -2.32. The second-order valence-electron chi connectivity index (χ2n) is 8.05. The molecule has 0 unspecified atom stereocenters.